The molecule has 1 unspecified atom stereocenters. The van der Waals surface area contributed by atoms with Gasteiger partial charge in [0.15, 0.2) is 6.67 Å². The number of nitrogens with one attached hydrogen (secondary N) is 1. The number of ether oxygens (including phenoxy) is 1. The van der Waals surface area contributed by atoms with Crippen LogP contribution >= 0.6 is 0 Å². The highest BCUT2D eigenvalue weighted by atomic mass is 19.4. The predicted molar refractivity (Wildman–Crippen MR) is 141 cm³/mol. The van der Waals surface area contributed by atoms with E-state index in [4.69, 9.17) is 5.11 Å². The van der Waals surface area contributed by atoms with Gasteiger partial charge in [-0.2, -0.15) is 27.1 Å². The molecule has 1 atom stereocenters. The van der Waals surface area contributed by atoms with Crippen LogP contribution in [0.5, 0.6) is 5.75 Å². The second-order valence-corrected chi connectivity index (χ2v) is 9.45. The van der Waals surface area contributed by atoms with Crippen LogP contribution in [-0.4, -0.2) is 52.3 Å². The number of benzene rings is 3. The van der Waals surface area contributed by atoms with Crippen molar-refractivity contribution < 1.29 is 45.8 Å². The van der Waals surface area contributed by atoms with Crippen LogP contribution in [0, 0.1) is 0 Å². The number of hydrogen-bond donors (Lipinski definition) is 2. The Morgan fingerprint density at radius 2 is 1.62 bits per heavy atom. The van der Waals surface area contributed by atoms with Crippen molar-refractivity contribution in [1.29, 1.82) is 0 Å². The van der Waals surface area contributed by atoms with Gasteiger partial charge >= 0.3 is 18.3 Å². The Balaban J connectivity index is 1.59. The molecule has 0 aliphatic carbocycles. The van der Waals surface area contributed by atoms with E-state index < -0.39 is 43.3 Å². The molecule has 4 rings (SSSR count). The van der Waals surface area contributed by atoms with Crippen molar-refractivity contribution in [3.63, 3.8) is 0 Å². The summed E-state index contributed by atoms with van der Waals surface area (Å²) in [7, 11) is 0. The quantitative estimate of drug-likeness (QED) is 0.177. The van der Waals surface area contributed by atoms with Gasteiger partial charge in [0.25, 0.3) is 5.91 Å². The number of nitrogens with zero attached hydrogens (tertiary/aromatic N) is 2. The maximum absolute atomic E-state index is 13.2. The second-order valence-electron chi connectivity index (χ2n) is 9.45. The Kier molecular flexibility index (Phi) is 9.08. The molecule has 0 saturated carbocycles. The summed E-state index contributed by atoms with van der Waals surface area (Å²) < 4.78 is 84.2. The number of hydrogen-bond acceptors (Lipinski definition) is 4. The van der Waals surface area contributed by atoms with E-state index in [9.17, 15) is 35.9 Å². The fourth-order valence-electron chi connectivity index (χ4n) is 4.37. The summed E-state index contributed by atoms with van der Waals surface area (Å²) in [5.41, 5.74) is 2.56. The van der Waals surface area contributed by atoms with Crippen LogP contribution in [0.25, 0.3) is 22.0 Å². The zero-order valence-electron chi connectivity index (χ0n) is 21.9. The number of carboxylic acid groups (broad SMARTS) is 1. The van der Waals surface area contributed by atoms with Gasteiger partial charge in [0, 0.05) is 23.9 Å². The molecule has 42 heavy (non-hydrogen) atoms. The van der Waals surface area contributed by atoms with Gasteiger partial charge in [0.1, 0.15) is 5.75 Å². The molecule has 7 nitrogen and oxygen atoms in total. The highest BCUT2D eigenvalue weighted by molar-refractivity contribution is 5.94. The minimum Gasteiger partial charge on any atom is -0.481 e. The predicted octanol–water partition coefficient (Wildman–Crippen LogP) is 6.78. The fourth-order valence-corrected chi connectivity index (χ4v) is 4.37. The number of aromatic nitrogens is 2. The van der Waals surface area contributed by atoms with Crippen molar-refractivity contribution in [3.8, 4) is 16.9 Å². The molecule has 1 amide bonds. The molecule has 0 fully saturated rings. The number of rotatable bonds is 12. The Hall–Kier alpha value is -4.55. The fraction of sp³-hybridized carbons (Fsp3) is 0.276. The van der Waals surface area contributed by atoms with Crippen molar-refractivity contribution >= 4 is 22.8 Å². The molecule has 2 N–H and O–H groups in total. The van der Waals surface area contributed by atoms with Crippen LogP contribution in [-0.2, 0) is 4.79 Å². The summed E-state index contributed by atoms with van der Waals surface area (Å²) in [6.45, 7) is -2.04. The zero-order chi connectivity index (χ0) is 30.5. The van der Waals surface area contributed by atoms with Crippen LogP contribution in [0.4, 0.5) is 26.3 Å². The van der Waals surface area contributed by atoms with Crippen molar-refractivity contribution in [2.24, 2.45) is 0 Å². The van der Waals surface area contributed by atoms with E-state index in [1.807, 2.05) is 0 Å². The third-order valence-corrected chi connectivity index (χ3v) is 6.38. The van der Waals surface area contributed by atoms with Crippen molar-refractivity contribution in [3.05, 3.63) is 84.1 Å². The van der Waals surface area contributed by atoms with Crippen LogP contribution < -0.4 is 10.1 Å². The van der Waals surface area contributed by atoms with E-state index >= 15 is 0 Å². The molecular weight excluding hydrogens is 568 g/mol. The smallest absolute Gasteiger partial charge is 0.427 e. The number of alkyl halides is 6. The number of aliphatic carboxylic acids is 1. The summed E-state index contributed by atoms with van der Waals surface area (Å²) >= 11 is 0. The minimum atomic E-state index is -4.41. The van der Waals surface area contributed by atoms with Crippen molar-refractivity contribution in [1.82, 2.24) is 15.1 Å². The molecule has 0 bridgehead atoms. The van der Waals surface area contributed by atoms with E-state index in [1.165, 1.54) is 59.4 Å². The Morgan fingerprint density at radius 3 is 2.24 bits per heavy atom. The van der Waals surface area contributed by atoms with Gasteiger partial charge in [-0.1, -0.05) is 30.3 Å². The number of amides is 1. The molecule has 13 heteroatoms. The van der Waals surface area contributed by atoms with Crippen molar-refractivity contribution in [2.75, 3.05) is 13.2 Å². The van der Waals surface area contributed by atoms with Crippen molar-refractivity contribution in [2.45, 2.75) is 37.6 Å². The number of carboxylic acids is 1. The maximum Gasteiger partial charge on any atom is 0.427 e. The first-order valence-corrected chi connectivity index (χ1v) is 12.7. The lowest BCUT2D eigenvalue weighted by atomic mass is 9.99. The molecular formula is C29H25F6N3O4. The molecule has 222 valence electrons. The Bertz CT molecular complexity index is 1540. The first-order chi connectivity index (χ1) is 19.8. The summed E-state index contributed by atoms with van der Waals surface area (Å²) in [5.74, 6) is -1.80. The average molecular weight is 594 g/mol. The van der Waals surface area contributed by atoms with Crippen LogP contribution in [0.1, 0.15) is 41.2 Å². The van der Waals surface area contributed by atoms with Gasteiger partial charge < -0.3 is 15.2 Å². The largest absolute Gasteiger partial charge is 0.481 e. The maximum atomic E-state index is 13.2. The molecule has 1 aromatic heterocycles. The van der Waals surface area contributed by atoms with Gasteiger partial charge in [0.05, 0.1) is 24.2 Å². The van der Waals surface area contributed by atoms with Crippen LogP contribution in [0.2, 0.25) is 0 Å². The number of fused-ring (bicyclic) bond motifs is 1. The van der Waals surface area contributed by atoms with Crippen LogP contribution in [0.15, 0.2) is 72.9 Å². The summed E-state index contributed by atoms with van der Waals surface area (Å²) in [6.07, 6.45) is -8.50. The lowest BCUT2D eigenvalue weighted by molar-refractivity contribution is -0.186. The standard InChI is InChI=1S/C29H25F6N3O4/c30-17-29(34,35)42-23-8-5-18(6-9-23)21-7-10-24-22(15-21)16-37-38(24)25(11-13-28(31,32)33)19-1-3-20(4-2-19)27(41)36-14-12-26(39)40/h1-10,15-16,25H,11-14,17H2,(H,36,41)(H,39,40). The van der Waals surface area contributed by atoms with Gasteiger partial charge in [-0.15, -0.1) is 0 Å². The van der Waals surface area contributed by atoms with Gasteiger partial charge in [-0.25, -0.2) is 4.39 Å². The zero-order valence-corrected chi connectivity index (χ0v) is 21.9. The van der Waals surface area contributed by atoms with Gasteiger partial charge in [-0.3, -0.25) is 14.3 Å². The summed E-state index contributed by atoms with van der Waals surface area (Å²) in [5, 5.41) is 16.2. The SMILES string of the molecule is O=C(O)CCNC(=O)c1ccc(C(CCC(F)(F)F)n2ncc3cc(-c4ccc(OC(F)(F)CF)cc4)ccc32)cc1. The lowest BCUT2D eigenvalue weighted by Gasteiger charge is -2.20. The van der Waals surface area contributed by atoms with E-state index in [0.29, 0.717) is 27.6 Å². The Morgan fingerprint density at radius 1 is 0.952 bits per heavy atom. The minimum absolute atomic E-state index is 0.0710. The van der Waals surface area contributed by atoms with Gasteiger partial charge in [0.2, 0.25) is 0 Å². The first kappa shape index (κ1) is 30.4. The van der Waals surface area contributed by atoms with E-state index in [-0.39, 0.29) is 30.7 Å². The summed E-state index contributed by atoms with van der Waals surface area (Å²) in [6, 6.07) is 15.9. The van der Waals surface area contributed by atoms with E-state index in [0.717, 1.165) is 0 Å². The molecule has 3 aromatic carbocycles. The molecule has 4 aromatic rings. The highest BCUT2D eigenvalue weighted by Gasteiger charge is 2.32. The first-order valence-electron chi connectivity index (χ1n) is 12.7. The lowest BCUT2D eigenvalue weighted by Crippen LogP contribution is -2.26. The Labute approximate surface area is 235 Å². The number of carbonyl (C=O) groups excluding carboxylic acids is 1. The third-order valence-electron chi connectivity index (χ3n) is 6.38. The normalized spacial score (nSPS) is 12.7. The number of carbonyl (C=O) groups is 2. The number of halogens is 6. The molecule has 0 aliphatic rings. The molecule has 1 heterocycles. The average Bonchev–Trinajstić information content (AvgIpc) is 3.36. The topological polar surface area (TPSA) is 93.5 Å². The van der Waals surface area contributed by atoms with E-state index in [1.54, 1.807) is 18.2 Å². The van der Waals surface area contributed by atoms with Gasteiger partial charge in [-0.05, 0) is 59.5 Å². The summed E-state index contributed by atoms with van der Waals surface area (Å²) in [4.78, 5) is 22.9. The van der Waals surface area contributed by atoms with Crippen LogP contribution in [0.3, 0.4) is 0 Å². The molecule has 0 spiro atoms. The second kappa shape index (κ2) is 12.5. The molecule has 0 aliphatic heterocycles. The molecule has 0 saturated heterocycles. The third kappa shape index (κ3) is 7.80. The van der Waals surface area contributed by atoms with E-state index in [2.05, 4.69) is 15.2 Å². The monoisotopic (exact) mass is 593 g/mol. The molecule has 0 radical (unpaired) electrons. The highest BCUT2D eigenvalue weighted by Crippen LogP contribution is 2.34.